The molecule has 1 fully saturated rings. The summed E-state index contributed by atoms with van der Waals surface area (Å²) in [5, 5.41) is 9.09. The average Bonchev–Trinajstić information content (AvgIpc) is 3.19. The van der Waals surface area contributed by atoms with Gasteiger partial charge in [-0.1, -0.05) is 32.4 Å². The molecule has 0 spiro atoms. The Kier molecular flexibility index (Phi) is 4.80. The number of nitrogens with one attached hydrogen (secondary N) is 1. The second-order valence-corrected chi connectivity index (χ2v) is 7.18. The molecular weight excluding hydrogens is 270 g/mol. The van der Waals surface area contributed by atoms with Gasteiger partial charge in [0.05, 0.1) is 16.4 Å². The summed E-state index contributed by atoms with van der Waals surface area (Å²) in [5.41, 5.74) is 2.36. The van der Waals surface area contributed by atoms with Gasteiger partial charge in [0.1, 0.15) is 0 Å². The summed E-state index contributed by atoms with van der Waals surface area (Å²) >= 11 is 6.47. The van der Waals surface area contributed by atoms with E-state index in [0.29, 0.717) is 5.92 Å². The highest BCUT2D eigenvalue weighted by Crippen LogP contribution is 2.35. The maximum Gasteiger partial charge on any atom is 0.0847 e. The summed E-state index contributed by atoms with van der Waals surface area (Å²) in [6, 6.07) is 0.751. The van der Waals surface area contributed by atoms with Gasteiger partial charge in [0.2, 0.25) is 0 Å². The molecule has 0 bridgehead atoms. The Morgan fingerprint density at radius 1 is 1.45 bits per heavy atom. The molecule has 0 saturated heterocycles. The van der Waals surface area contributed by atoms with E-state index in [4.69, 9.17) is 11.6 Å². The van der Waals surface area contributed by atoms with Crippen molar-refractivity contribution in [1.29, 1.82) is 0 Å². The average molecular weight is 298 g/mol. The van der Waals surface area contributed by atoms with E-state index in [-0.39, 0.29) is 5.41 Å². The first kappa shape index (κ1) is 15.8. The predicted octanol–water partition coefficient (Wildman–Crippen LogP) is 3.82. The molecule has 0 aliphatic heterocycles. The fourth-order valence-electron chi connectivity index (χ4n) is 2.56. The fraction of sp³-hybridized carbons (Fsp3) is 0.812. The van der Waals surface area contributed by atoms with E-state index in [1.165, 1.54) is 18.5 Å². The normalized spacial score (nSPS) is 18.6. The van der Waals surface area contributed by atoms with Gasteiger partial charge in [-0.05, 0) is 44.4 Å². The zero-order valence-corrected chi connectivity index (χ0v) is 14.2. The van der Waals surface area contributed by atoms with Crippen LogP contribution in [0.2, 0.25) is 5.02 Å². The van der Waals surface area contributed by atoms with Crippen LogP contribution < -0.4 is 5.32 Å². The van der Waals surface area contributed by atoms with Crippen LogP contribution in [0.25, 0.3) is 0 Å². The molecule has 1 aliphatic carbocycles. The van der Waals surface area contributed by atoms with Crippen molar-refractivity contribution < 1.29 is 0 Å². The summed E-state index contributed by atoms with van der Waals surface area (Å²) < 4.78 is 2.06. The van der Waals surface area contributed by atoms with Crippen LogP contribution in [0.5, 0.6) is 0 Å². The highest BCUT2D eigenvalue weighted by atomic mass is 35.5. The van der Waals surface area contributed by atoms with E-state index in [0.717, 1.165) is 36.3 Å². The smallest absolute Gasteiger partial charge is 0.0847 e. The summed E-state index contributed by atoms with van der Waals surface area (Å²) in [4.78, 5) is 0. The van der Waals surface area contributed by atoms with Gasteiger partial charge in [0, 0.05) is 19.1 Å². The molecule has 1 heterocycles. The molecule has 1 unspecified atom stereocenters. The molecule has 3 nitrogen and oxygen atoms in total. The Morgan fingerprint density at radius 2 is 2.10 bits per heavy atom. The first-order valence-electron chi connectivity index (χ1n) is 7.82. The molecule has 1 aliphatic rings. The van der Waals surface area contributed by atoms with Gasteiger partial charge >= 0.3 is 0 Å². The van der Waals surface area contributed by atoms with Crippen LogP contribution in [0.3, 0.4) is 0 Å². The van der Waals surface area contributed by atoms with Gasteiger partial charge in [0.15, 0.2) is 0 Å². The summed E-state index contributed by atoms with van der Waals surface area (Å²) in [6.45, 7) is 13.0. The summed E-state index contributed by atoms with van der Waals surface area (Å²) in [5.74, 6) is 0.602. The zero-order chi connectivity index (χ0) is 14.9. The Bertz CT molecular complexity index is 463. The van der Waals surface area contributed by atoms with Crippen molar-refractivity contribution in [2.75, 3.05) is 6.54 Å². The Hall–Kier alpha value is -0.540. The molecule has 4 heteroatoms. The topological polar surface area (TPSA) is 29.9 Å². The van der Waals surface area contributed by atoms with Gasteiger partial charge in [-0.2, -0.15) is 5.10 Å². The quantitative estimate of drug-likeness (QED) is 0.829. The standard InChI is InChI=1S/C16H28ClN3/c1-6-20-14(15(17)12(4)19-20)9-16(5,11(2)3)10-18-13-7-8-13/h11,13,18H,6-10H2,1-5H3. The number of hydrogen-bond donors (Lipinski definition) is 1. The molecule has 1 aromatic heterocycles. The monoisotopic (exact) mass is 297 g/mol. The van der Waals surface area contributed by atoms with Crippen LogP contribution >= 0.6 is 11.6 Å². The Balaban J connectivity index is 2.18. The summed E-state index contributed by atoms with van der Waals surface area (Å²) in [7, 11) is 0. The number of rotatable bonds is 7. The molecule has 20 heavy (non-hydrogen) atoms. The van der Waals surface area contributed by atoms with Gasteiger partial charge in [-0.3, -0.25) is 4.68 Å². The lowest BCUT2D eigenvalue weighted by Gasteiger charge is -2.34. The van der Waals surface area contributed by atoms with Crippen LogP contribution in [0, 0.1) is 18.3 Å². The molecule has 114 valence electrons. The van der Waals surface area contributed by atoms with E-state index in [1.807, 2.05) is 6.92 Å². The third-order valence-corrected chi connectivity index (χ3v) is 5.28. The van der Waals surface area contributed by atoms with E-state index in [9.17, 15) is 0 Å². The zero-order valence-electron chi connectivity index (χ0n) is 13.5. The van der Waals surface area contributed by atoms with Crippen molar-refractivity contribution >= 4 is 11.6 Å². The maximum atomic E-state index is 6.47. The number of hydrogen-bond acceptors (Lipinski definition) is 2. The molecule has 0 aromatic carbocycles. The summed E-state index contributed by atoms with van der Waals surface area (Å²) in [6.07, 6.45) is 3.65. The molecule has 1 saturated carbocycles. The third kappa shape index (κ3) is 3.37. The van der Waals surface area contributed by atoms with Crippen molar-refractivity contribution in [3.63, 3.8) is 0 Å². The largest absolute Gasteiger partial charge is 0.313 e. The lowest BCUT2D eigenvalue weighted by Crippen LogP contribution is -2.39. The predicted molar refractivity (Wildman–Crippen MR) is 85.3 cm³/mol. The van der Waals surface area contributed by atoms with Crippen molar-refractivity contribution in [1.82, 2.24) is 15.1 Å². The van der Waals surface area contributed by atoms with Crippen LogP contribution in [0.4, 0.5) is 0 Å². The highest BCUT2D eigenvalue weighted by molar-refractivity contribution is 6.31. The minimum absolute atomic E-state index is 0.214. The lowest BCUT2D eigenvalue weighted by molar-refractivity contribution is 0.202. The highest BCUT2D eigenvalue weighted by Gasteiger charge is 2.33. The van der Waals surface area contributed by atoms with Crippen LogP contribution in [0.1, 0.15) is 51.9 Å². The van der Waals surface area contributed by atoms with Crippen molar-refractivity contribution in [3.8, 4) is 0 Å². The number of aromatic nitrogens is 2. The number of aryl methyl sites for hydroxylation is 2. The van der Waals surface area contributed by atoms with Crippen LogP contribution in [-0.2, 0) is 13.0 Å². The van der Waals surface area contributed by atoms with Crippen molar-refractivity contribution in [2.24, 2.45) is 11.3 Å². The first-order valence-corrected chi connectivity index (χ1v) is 8.20. The second-order valence-electron chi connectivity index (χ2n) is 6.80. The molecule has 0 amide bonds. The minimum atomic E-state index is 0.214. The van der Waals surface area contributed by atoms with E-state index in [2.05, 4.69) is 42.8 Å². The SMILES string of the molecule is CCn1nc(C)c(Cl)c1CC(C)(CNC1CC1)C(C)C. The maximum absolute atomic E-state index is 6.47. The first-order chi connectivity index (χ1) is 9.37. The van der Waals surface area contributed by atoms with Gasteiger partial charge in [-0.15, -0.1) is 0 Å². The van der Waals surface area contributed by atoms with Gasteiger partial charge in [-0.25, -0.2) is 0 Å². The Labute approximate surface area is 128 Å². The molecule has 0 radical (unpaired) electrons. The second kappa shape index (κ2) is 6.07. The van der Waals surface area contributed by atoms with Crippen LogP contribution in [0.15, 0.2) is 0 Å². The van der Waals surface area contributed by atoms with Gasteiger partial charge in [0.25, 0.3) is 0 Å². The molecule has 1 N–H and O–H groups in total. The van der Waals surface area contributed by atoms with Gasteiger partial charge < -0.3 is 5.32 Å². The number of nitrogens with zero attached hydrogens (tertiary/aromatic N) is 2. The minimum Gasteiger partial charge on any atom is -0.313 e. The third-order valence-electron chi connectivity index (χ3n) is 4.79. The Morgan fingerprint density at radius 3 is 2.60 bits per heavy atom. The lowest BCUT2D eigenvalue weighted by atomic mass is 9.75. The molecule has 2 rings (SSSR count). The molecule has 1 atom stereocenters. The molecular formula is C16H28ClN3. The van der Waals surface area contributed by atoms with Crippen LogP contribution in [-0.4, -0.2) is 22.4 Å². The van der Waals surface area contributed by atoms with E-state index < -0.39 is 0 Å². The van der Waals surface area contributed by atoms with Crippen molar-refractivity contribution in [3.05, 3.63) is 16.4 Å². The number of halogens is 1. The van der Waals surface area contributed by atoms with E-state index >= 15 is 0 Å². The molecule has 1 aromatic rings. The van der Waals surface area contributed by atoms with Crippen molar-refractivity contribution in [2.45, 2.75) is 66.5 Å². The van der Waals surface area contributed by atoms with E-state index in [1.54, 1.807) is 0 Å². The fourth-order valence-corrected chi connectivity index (χ4v) is 2.76.